The molecule has 0 unspecified atom stereocenters. The molecule has 0 aliphatic rings. The number of rotatable bonds is 2. The van der Waals surface area contributed by atoms with Crippen molar-refractivity contribution in [3.63, 3.8) is 0 Å². The number of aromatic nitrogens is 4. The molecule has 0 amide bonds. The number of fused-ring (bicyclic) bond motifs is 1. The first-order chi connectivity index (χ1) is 7.06. The van der Waals surface area contributed by atoms with E-state index in [2.05, 4.69) is 17.0 Å². The Morgan fingerprint density at radius 1 is 1.40 bits per heavy atom. The minimum Gasteiger partial charge on any atom is -0.368 e. The second kappa shape index (κ2) is 3.15. The fraction of sp³-hybridized carbons (Fsp3) is 0.556. The summed E-state index contributed by atoms with van der Waals surface area (Å²) in [5.41, 5.74) is 8.68. The van der Waals surface area contributed by atoms with Gasteiger partial charge in [-0.1, -0.05) is 6.92 Å². The van der Waals surface area contributed by atoms with Gasteiger partial charge >= 0.3 is 0 Å². The maximum absolute atomic E-state index is 5.86. The molecule has 2 aromatic heterocycles. The third-order valence-electron chi connectivity index (χ3n) is 2.44. The number of imidazole rings is 1. The van der Waals surface area contributed by atoms with Crippen molar-refractivity contribution in [1.82, 2.24) is 19.4 Å². The third-order valence-corrected chi connectivity index (χ3v) is 2.44. The molecule has 6 heteroatoms. The van der Waals surface area contributed by atoms with Crippen LogP contribution in [0, 0.1) is 0 Å². The largest absolute Gasteiger partial charge is 0.368 e. The average Bonchev–Trinajstić information content (AvgIpc) is 2.63. The quantitative estimate of drug-likeness (QED) is 0.761. The summed E-state index contributed by atoms with van der Waals surface area (Å²) in [6.07, 6.45) is 0.862. The van der Waals surface area contributed by atoms with Gasteiger partial charge in [-0.25, -0.2) is 14.3 Å². The predicted molar refractivity (Wildman–Crippen MR) is 60.4 cm³/mol. The Hall–Kier alpha value is -1.72. The van der Waals surface area contributed by atoms with Crippen molar-refractivity contribution in [1.29, 1.82) is 0 Å². The lowest BCUT2D eigenvalue weighted by Gasteiger charge is -2.15. The topological polar surface area (TPSA) is 64.9 Å². The zero-order chi connectivity index (χ0) is 11.2. The first kappa shape index (κ1) is 9.82. The van der Waals surface area contributed by atoms with Crippen molar-refractivity contribution in [2.45, 2.75) is 13.3 Å². The molecule has 2 rings (SSSR count). The number of nitrogen functional groups attached to an aromatic ring is 1. The molecule has 0 aliphatic heterocycles. The number of hydrogen-bond acceptors (Lipinski definition) is 4. The summed E-state index contributed by atoms with van der Waals surface area (Å²) in [4.78, 5) is 4.34. The monoisotopic (exact) mass is 208 g/mol. The molecule has 0 aliphatic carbocycles. The third kappa shape index (κ3) is 1.25. The highest BCUT2D eigenvalue weighted by Crippen LogP contribution is 2.20. The first-order valence-electron chi connectivity index (χ1n) is 4.93. The summed E-state index contributed by atoms with van der Waals surface area (Å²) in [5, 5.41) is 6.30. The van der Waals surface area contributed by atoms with Crippen molar-refractivity contribution in [2.75, 3.05) is 24.8 Å². The van der Waals surface area contributed by atoms with Crippen LogP contribution in [0.5, 0.6) is 0 Å². The minimum atomic E-state index is 0.498. The van der Waals surface area contributed by atoms with E-state index >= 15 is 0 Å². The number of aryl methyl sites for hydroxylation is 2. The first-order valence-corrected chi connectivity index (χ1v) is 4.93. The zero-order valence-corrected chi connectivity index (χ0v) is 9.52. The summed E-state index contributed by atoms with van der Waals surface area (Å²) >= 11 is 0. The van der Waals surface area contributed by atoms with Crippen molar-refractivity contribution >= 4 is 17.1 Å². The normalized spacial score (nSPS) is 11.2. The number of nitrogens with zero attached hydrogens (tertiary/aromatic N) is 5. The van der Waals surface area contributed by atoms with E-state index in [4.69, 9.17) is 5.73 Å². The standard InChI is InChI=1S/C9H16N6/c1-5-6-7-8(14(4)12-6)15(13(2)3)9(10)11-7/h5H2,1-4H3,(H2,10,11). The summed E-state index contributed by atoms with van der Waals surface area (Å²) in [6.45, 7) is 2.06. The Kier molecular flexibility index (Phi) is 2.06. The Balaban J connectivity index is 2.81. The van der Waals surface area contributed by atoms with Crippen LogP contribution in [0.4, 0.5) is 5.95 Å². The van der Waals surface area contributed by atoms with Crippen molar-refractivity contribution in [3.8, 4) is 0 Å². The van der Waals surface area contributed by atoms with Gasteiger partial charge in [0.1, 0.15) is 5.52 Å². The van der Waals surface area contributed by atoms with Crippen LogP contribution < -0.4 is 10.7 Å². The molecule has 0 saturated heterocycles. The number of anilines is 1. The van der Waals surface area contributed by atoms with Gasteiger partial charge in [0.15, 0.2) is 5.65 Å². The fourth-order valence-electron chi connectivity index (χ4n) is 1.81. The highest BCUT2D eigenvalue weighted by Gasteiger charge is 2.17. The van der Waals surface area contributed by atoms with E-state index in [1.165, 1.54) is 0 Å². The molecule has 0 aromatic carbocycles. The summed E-state index contributed by atoms with van der Waals surface area (Å²) < 4.78 is 3.67. The molecule has 0 fully saturated rings. The van der Waals surface area contributed by atoms with Gasteiger partial charge < -0.3 is 10.7 Å². The average molecular weight is 208 g/mol. The van der Waals surface area contributed by atoms with Gasteiger partial charge in [-0.3, -0.25) is 0 Å². The molecule has 0 saturated carbocycles. The van der Waals surface area contributed by atoms with Crippen LogP contribution >= 0.6 is 0 Å². The molecular weight excluding hydrogens is 192 g/mol. The minimum absolute atomic E-state index is 0.498. The van der Waals surface area contributed by atoms with Crippen LogP contribution in [0.25, 0.3) is 11.2 Å². The molecule has 0 atom stereocenters. The van der Waals surface area contributed by atoms with Gasteiger partial charge in [-0.05, 0) is 6.42 Å². The Bertz CT molecular complexity index is 492. The van der Waals surface area contributed by atoms with E-state index in [0.29, 0.717) is 5.95 Å². The summed E-state index contributed by atoms with van der Waals surface area (Å²) in [7, 11) is 5.76. The van der Waals surface area contributed by atoms with Crippen LogP contribution in [0.15, 0.2) is 0 Å². The molecule has 0 spiro atoms. The van der Waals surface area contributed by atoms with E-state index in [-0.39, 0.29) is 0 Å². The van der Waals surface area contributed by atoms with Gasteiger partial charge in [0.25, 0.3) is 0 Å². The van der Waals surface area contributed by atoms with E-state index in [1.54, 1.807) is 0 Å². The van der Waals surface area contributed by atoms with Crippen LogP contribution in [0.2, 0.25) is 0 Å². The van der Waals surface area contributed by atoms with Gasteiger partial charge in [-0.2, -0.15) is 5.10 Å². The molecule has 0 radical (unpaired) electrons. The smallest absolute Gasteiger partial charge is 0.222 e. The van der Waals surface area contributed by atoms with Crippen LogP contribution in [-0.4, -0.2) is 33.5 Å². The van der Waals surface area contributed by atoms with Crippen LogP contribution in [0.3, 0.4) is 0 Å². The maximum Gasteiger partial charge on any atom is 0.222 e. The van der Waals surface area contributed by atoms with Crippen LogP contribution in [0.1, 0.15) is 12.6 Å². The van der Waals surface area contributed by atoms with Gasteiger partial charge in [0, 0.05) is 21.1 Å². The molecule has 2 N–H and O–H groups in total. The molecule has 6 nitrogen and oxygen atoms in total. The summed E-state index contributed by atoms with van der Waals surface area (Å²) in [6, 6.07) is 0. The molecule has 2 heterocycles. The van der Waals surface area contributed by atoms with Crippen molar-refractivity contribution in [2.24, 2.45) is 7.05 Å². The SMILES string of the molecule is CCc1nn(C)c2c1nc(N)n2N(C)C. The highest BCUT2D eigenvalue weighted by atomic mass is 15.6. The van der Waals surface area contributed by atoms with E-state index < -0.39 is 0 Å². The fourth-order valence-corrected chi connectivity index (χ4v) is 1.81. The summed E-state index contributed by atoms with van der Waals surface area (Å²) in [5.74, 6) is 0.498. The lowest BCUT2D eigenvalue weighted by molar-refractivity contribution is 0.695. The lowest BCUT2D eigenvalue weighted by atomic mass is 10.3. The molecular formula is C9H16N6. The van der Waals surface area contributed by atoms with Gasteiger partial charge in [-0.15, -0.1) is 0 Å². The number of hydrogen-bond donors (Lipinski definition) is 1. The Morgan fingerprint density at radius 2 is 2.07 bits per heavy atom. The highest BCUT2D eigenvalue weighted by molar-refractivity contribution is 5.78. The predicted octanol–water partition coefficient (Wildman–Crippen LogP) is 0.112. The van der Waals surface area contributed by atoms with E-state index in [1.807, 2.05) is 35.5 Å². The molecule has 15 heavy (non-hydrogen) atoms. The Labute approximate surface area is 88.3 Å². The number of nitrogens with two attached hydrogens (primary N) is 1. The zero-order valence-electron chi connectivity index (χ0n) is 9.52. The van der Waals surface area contributed by atoms with Crippen LogP contribution in [-0.2, 0) is 13.5 Å². The second-order valence-electron chi connectivity index (χ2n) is 3.73. The second-order valence-corrected chi connectivity index (χ2v) is 3.73. The maximum atomic E-state index is 5.86. The Morgan fingerprint density at radius 3 is 2.60 bits per heavy atom. The van der Waals surface area contributed by atoms with Crippen molar-refractivity contribution < 1.29 is 0 Å². The van der Waals surface area contributed by atoms with Gasteiger partial charge in [0.2, 0.25) is 5.95 Å². The molecule has 2 aromatic rings. The molecule has 82 valence electrons. The molecule has 0 bridgehead atoms. The lowest BCUT2D eigenvalue weighted by Crippen LogP contribution is -2.27. The van der Waals surface area contributed by atoms with E-state index in [0.717, 1.165) is 23.3 Å². The van der Waals surface area contributed by atoms with E-state index in [9.17, 15) is 0 Å². The van der Waals surface area contributed by atoms with Crippen molar-refractivity contribution in [3.05, 3.63) is 5.69 Å². The van der Waals surface area contributed by atoms with Gasteiger partial charge in [0.05, 0.1) is 5.69 Å².